The number of rotatable bonds is 5. The summed E-state index contributed by atoms with van der Waals surface area (Å²) in [6.07, 6.45) is 2.60. The average molecular weight is 259 g/mol. The lowest BCUT2D eigenvalue weighted by Gasteiger charge is -2.22. The largest absolute Gasteiger partial charge is 0.481 e. The van der Waals surface area contributed by atoms with Crippen LogP contribution < -0.4 is 0 Å². The van der Waals surface area contributed by atoms with Crippen LogP contribution in [0.15, 0.2) is 30.3 Å². The van der Waals surface area contributed by atoms with Gasteiger partial charge in [-0.1, -0.05) is 30.3 Å². The Morgan fingerprint density at radius 3 is 2.37 bits per heavy atom. The predicted octanol–water partition coefficient (Wildman–Crippen LogP) is 1.90. The molecule has 1 aromatic rings. The number of carboxylic acid groups (broad SMARTS) is 1. The molecule has 4 heteroatoms. The van der Waals surface area contributed by atoms with E-state index in [2.05, 4.69) is 0 Å². The number of hydrogen-bond acceptors (Lipinski definition) is 2. The van der Waals surface area contributed by atoms with Crippen LogP contribution in [0.5, 0.6) is 0 Å². The van der Waals surface area contributed by atoms with Gasteiger partial charge in [0.05, 0.1) is 11.8 Å². The molecule has 2 aliphatic carbocycles. The van der Waals surface area contributed by atoms with Gasteiger partial charge >= 0.3 is 5.97 Å². The van der Waals surface area contributed by atoms with Crippen LogP contribution in [-0.4, -0.2) is 27.9 Å². The molecule has 0 unspecified atom stereocenters. The maximum absolute atomic E-state index is 12.4. The van der Waals surface area contributed by atoms with Gasteiger partial charge in [0.25, 0.3) is 0 Å². The van der Waals surface area contributed by atoms with E-state index in [1.807, 2.05) is 35.2 Å². The van der Waals surface area contributed by atoms with Gasteiger partial charge < -0.3 is 10.0 Å². The van der Waals surface area contributed by atoms with Gasteiger partial charge in [0.2, 0.25) is 5.91 Å². The second-order valence-corrected chi connectivity index (χ2v) is 5.47. The molecule has 19 heavy (non-hydrogen) atoms. The van der Waals surface area contributed by atoms with Gasteiger partial charge in [-0.25, -0.2) is 0 Å². The number of amides is 1. The zero-order valence-corrected chi connectivity index (χ0v) is 10.7. The number of carbonyl (C=O) groups is 2. The monoisotopic (exact) mass is 259 g/mol. The van der Waals surface area contributed by atoms with Gasteiger partial charge in [-0.2, -0.15) is 0 Å². The maximum Gasteiger partial charge on any atom is 0.307 e. The van der Waals surface area contributed by atoms with Crippen molar-refractivity contribution in [2.75, 3.05) is 0 Å². The molecule has 2 fully saturated rings. The molecule has 2 saturated carbocycles. The van der Waals surface area contributed by atoms with E-state index in [1.165, 1.54) is 0 Å². The molecule has 0 aromatic heterocycles. The van der Waals surface area contributed by atoms with Gasteiger partial charge in [0, 0.05) is 12.6 Å². The lowest BCUT2D eigenvalue weighted by atomic mass is 10.2. The van der Waals surface area contributed by atoms with E-state index in [0.29, 0.717) is 19.0 Å². The van der Waals surface area contributed by atoms with Crippen LogP contribution in [0, 0.1) is 11.8 Å². The summed E-state index contributed by atoms with van der Waals surface area (Å²) >= 11 is 0. The highest BCUT2D eigenvalue weighted by molar-refractivity contribution is 5.89. The van der Waals surface area contributed by atoms with E-state index in [-0.39, 0.29) is 11.8 Å². The Kier molecular flexibility index (Phi) is 3.01. The van der Waals surface area contributed by atoms with Crippen molar-refractivity contribution in [3.05, 3.63) is 35.9 Å². The topological polar surface area (TPSA) is 57.6 Å². The van der Waals surface area contributed by atoms with Crippen LogP contribution in [-0.2, 0) is 16.1 Å². The van der Waals surface area contributed by atoms with E-state index in [4.69, 9.17) is 5.11 Å². The Hall–Kier alpha value is -1.84. The molecule has 0 spiro atoms. The average Bonchev–Trinajstić information content (AvgIpc) is 3.29. The smallest absolute Gasteiger partial charge is 0.307 e. The number of hydrogen-bond donors (Lipinski definition) is 1. The molecule has 100 valence electrons. The molecule has 0 radical (unpaired) electrons. The fraction of sp³-hybridized carbons (Fsp3) is 0.467. The van der Waals surface area contributed by atoms with Gasteiger partial charge in [-0.05, 0) is 24.8 Å². The first-order valence-corrected chi connectivity index (χ1v) is 6.74. The maximum atomic E-state index is 12.4. The zero-order valence-electron chi connectivity index (χ0n) is 10.7. The molecule has 0 bridgehead atoms. The van der Waals surface area contributed by atoms with Crippen molar-refractivity contribution in [1.29, 1.82) is 0 Å². The van der Waals surface area contributed by atoms with E-state index >= 15 is 0 Å². The molecule has 1 amide bonds. The first-order chi connectivity index (χ1) is 9.16. The predicted molar refractivity (Wildman–Crippen MR) is 69.2 cm³/mol. The van der Waals surface area contributed by atoms with Crippen LogP contribution in [0.25, 0.3) is 0 Å². The molecular weight excluding hydrogens is 242 g/mol. The van der Waals surface area contributed by atoms with E-state index < -0.39 is 11.9 Å². The van der Waals surface area contributed by atoms with Crippen molar-refractivity contribution in [2.24, 2.45) is 11.8 Å². The summed E-state index contributed by atoms with van der Waals surface area (Å²) in [5, 5.41) is 8.93. The third-order valence-electron chi connectivity index (χ3n) is 3.89. The Balaban J connectivity index is 1.68. The fourth-order valence-corrected chi connectivity index (χ4v) is 2.51. The third-order valence-corrected chi connectivity index (χ3v) is 3.89. The van der Waals surface area contributed by atoms with Gasteiger partial charge in [0.1, 0.15) is 0 Å². The normalized spacial score (nSPS) is 24.8. The quantitative estimate of drug-likeness (QED) is 0.878. The van der Waals surface area contributed by atoms with Gasteiger partial charge in [0.15, 0.2) is 0 Å². The number of carbonyl (C=O) groups excluding carboxylic acids is 1. The molecule has 1 N–H and O–H groups in total. The molecule has 3 rings (SSSR count). The highest BCUT2D eigenvalue weighted by Crippen LogP contribution is 2.42. The number of carboxylic acids is 1. The van der Waals surface area contributed by atoms with Gasteiger partial charge in [-0.15, -0.1) is 0 Å². The number of nitrogens with zero attached hydrogens (tertiary/aromatic N) is 1. The summed E-state index contributed by atoms with van der Waals surface area (Å²) in [5.74, 6) is -1.56. The van der Waals surface area contributed by atoms with E-state index in [0.717, 1.165) is 18.4 Å². The van der Waals surface area contributed by atoms with Crippen molar-refractivity contribution in [1.82, 2.24) is 4.90 Å². The van der Waals surface area contributed by atoms with Crippen molar-refractivity contribution in [3.63, 3.8) is 0 Å². The van der Waals surface area contributed by atoms with Crippen LogP contribution >= 0.6 is 0 Å². The highest BCUT2D eigenvalue weighted by atomic mass is 16.4. The number of aliphatic carboxylic acids is 1. The summed E-state index contributed by atoms with van der Waals surface area (Å²) in [4.78, 5) is 25.1. The lowest BCUT2D eigenvalue weighted by Crippen LogP contribution is -2.34. The molecule has 2 atom stereocenters. The first kappa shape index (κ1) is 12.2. The Labute approximate surface area is 112 Å². The summed E-state index contributed by atoms with van der Waals surface area (Å²) in [5.41, 5.74) is 1.11. The molecule has 0 aliphatic heterocycles. The minimum atomic E-state index is -0.839. The van der Waals surface area contributed by atoms with Crippen molar-refractivity contribution in [3.8, 4) is 0 Å². The van der Waals surface area contributed by atoms with E-state index in [1.54, 1.807) is 0 Å². The van der Waals surface area contributed by atoms with Crippen LogP contribution in [0.1, 0.15) is 24.8 Å². The first-order valence-electron chi connectivity index (χ1n) is 6.74. The lowest BCUT2D eigenvalue weighted by molar-refractivity contribution is -0.142. The summed E-state index contributed by atoms with van der Waals surface area (Å²) in [7, 11) is 0. The highest BCUT2D eigenvalue weighted by Gasteiger charge is 2.51. The second kappa shape index (κ2) is 4.68. The Morgan fingerprint density at radius 2 is 1.84 bits per heavy atom. The van der Waals surface area contributed by atoms with Crippen LogP contribution in [0.3, 0.4) is 0 Å². The van der Waals surface area contributed by atoms with Crippen molar-refractivity contribution < 1.29 is 14.7 Å². The second-order valence-electron chi connectivity index (χ2n) is 5.47. The minimum Gasteiger partial charge on any atom is -0.481 e. The standard InChI is InChI=1S/C15H17NO3/c17-14(12-8-13(12)15(18)19)16(11-6-7-11)9-10-4-2-1-3-5-10/h1-5,11-13H,6-9H2,(H,18,19)/t12-,13+/m1/s1. The third kappa shape index (κ3) is 2.62. The molecule has 2 aliphatic rings. The summed E-state index contributed by atoms with van der Waals surface area (Å²) < 4.78 is 0. The van der Waals surface area contributed by atoms with Crippen molar-refractivity contribution in [2.45, 2.75) is 31.8 Å². The number of benzene rings is 1. The fourth-order valence-electron chi connectivity index (χ4n) is 2.51. The Bertz CT molecular complexity index is 495. The molecule has 1 aromatic carbocycles. The van der Waals surface area contributed by atoms with Crippen LogP contribution in [0.4, 0.5) is 0 Å². The molecule has 0 heterocycles. The van der Waals surface area contributed by atoms with Crippen LogP contribution in [0.2, 0.25) is 0 Å². The van der Waals surface area contributed by atoms with E-state index in [9.17, 15) is 9.59 Å². The molecule has 0 saturated heterocycles. The van der Waals surface area contributed by atoms with Crippen molar-refractivity contribution >= 4 is 11.9 Å². The minimum absolute atomic E-state index is 0.0266. The molecular formula is C15H17NO3. The van der Waals surface area contributed by atoms with Gasteiger partial charge in [-0.3, -0.25) is 9.59 Å². The SMILES string of the molecule is O=C(O)[C@H]1C[C@H]1C(=O)N(Cc1ccccc1)C1CC1. The molecule has 4 nitrogen and oxygen atoms in total. The zero-order chi connectivity index (χ0) is 13.4. The Morgan fingerprint density at radius 1 is 1.16 bits per heavy atom. The summed E-state index contributed by atoms with van der Waals surface area (Å²) in [6, 6.07) is 10.2. The summed E-state index contributed by atoms with van der Waals surface area (Å²) in [6.45, 7) is 0.604.